The summed E-state index contributed by atoms with van der Waals surface area (Å²) in [4.78, 5) is 28.8. The van der Waals surface area contributed by atoms with Crippen molar-refractivity contribution in [3.63, 3.8) is 0 Å². The normalized spacial score (nSPS) is 13.9. The molecule has 0 aliphatic heterocycles. The molecule has 3 nitrogen and oxygen atoms in total. The number of hydrogen-bond donors (Lipinski definition) is 1. The summed E-state index contributed by atoms with van der Waals surface area (Å²) < 4.78 is 0. The number of allylic oxidation sites excluding steroid dienone is 1. The van der Waals surface area contributed by atoms with Crippen LogP contribution in [-0.2, 0) is 4.79 Å². The molecule has 0 spiro atoms. The average molecular weight is 363 g/mol. The van der Waals surface area contributed by atoms with Crippen LogP contribution in [0.4, 0.5) is 0 Å². The molecule has 28 heavy (non-hydrogen) atoms. The quantitative estimate of drug-likeness (QED) is 0.483. The van der Waals surface area contributed by atoms with Gasteiger partial charge in [-0.25, -0.2) is 0 Å². The van der Waals surface area contributed by atoms with Crippen LogP contribution in [0.5, 0.6) is 0 Å². The van der Waals surface area contributed by atoms with E-state index in [1.54, 1.807) is 6.92 Å². The maximum absolute atomic E-state index is 12.7. The van der Waals surface area contributed by atoms with Crippen LogP contribution in [0.2, 0.25) is 0 Å². The summed E-state index contributed by atoms with van der Waals surface area (Å²) in [5, 5.41) is 0.793. The average Bonchev–Trinajstić information content (AvgIpc) is 3.12. The van der Waals surface area contributed by atoms with Crippen LogP contribution in [0.15, 0.2) is 84.4 Å². The predicted octanol–water partition coefficient (Wildman–Crippen LogP) is 5.42. The largest absolute Gasteiger partial charge is 0.354 e. The number of hydrogen-bond acceptors (Lipinski definition) is 2. The van der Waals surface area contributed by atoms with Crippen LogP contribution in [0, 0.1) is 0 Å². The minimum absolute atomic E-state index is 0.431. The molecule has 0 bridgehead atoms. The number of H-pyrrole nitrogens is 1. The van der Waals surface area contributed by atoms with Crippen LogP contribution in [0.25, 0.3) is 27.6 Å². The van der Waals surface area contributed by atoms with Crippen LogP contribution in [0.1, 0.15) is 28.5 Å². The molecule has 0 fully saturated rings. The van der Waals surface area contributed by atoms with E-state index in [9.17, 15) is 9.59 Å². The molecular formula is C25H17NO2. The lowest BCUT2D eigenvalue weighted by atomic mass is 9.84. The number of carbonyl (C=O) groups is 2. The minimum Gasteiger partial charge on any atom is -0.354 e. The minimum atomic E-state index is -0.436. The number of nitrogens with one attached hydrogen (secondary N) is 1. The van der Waals surface area contributed by atoms with Gasteiger partial charge in [0.2, 0.25) is 11.6 Å². The molecule has 1 heterocycles. The zero-order valence-corrected chi connectivity index (χ0v) is 15.3. The van der Waals surface area contributed by atoms with Crippen LogP contribution in [-0.4, -0.2) is 16.6 Å². The van der Waals surface area contributed by atoms with Gasteiger partial charge in [-0.15, -0.1) is 0 Å². The number of aromatic nitrogens is 1. The molecule has 1 aliphatic rings. The van der Waals surface area contributed by atoms with E-state index in [-0.39, 0.29) is 0 Å². The van der Waals surface area contributed by atoms with Gasteiger partial charge >= 0.3 is 0 Å². The Hall–Kier alpha value is -3.72. The van der Waals surface area contributed by atoms with Crippen molar-refractivity contribution >= 4 is 28.0 Å². The van der Waals surface area contributed by atoms with Crippen molar-refractivity contribution in [2.75, 3.05) is 0 Å². The zero-order chi connectivity index (χ0) is 19.3. The van der Waals surface area contributed by atoms with Gasteiger partial charge in [0.15, 0.2) is 0 Å². The van der Waals surface area contributed by atoms with Crippen molar-refractivity contribution < 1.29 is 9.59 Å². The first-order valence-electron chi connectivity index (χ1n) is 9.22. The molecular weight excluding hydrogens is 346 g/mol. The molecule has 0 amide bonds. The molecule has 0 radical (unpaired) electrons. The van der Waals surface area contributed by atoms with Crippen molar-refractivity contribution in [1.82, 2.24) is 4.98 Å². The first kappa shape index (κ1) is 16.5. The maximum atomic E-state index is 12.7. The van der Waals surface area contributed by atoms with Gasteiger partial charge < -0.3 is 4.98 Å². The van der Waals surface area contributed by atoms with Crippen LogP contribution in [0.3, 0.4) is 0 Å². The van der Waals surface area contributed by atoms with Gasteiger partial charge in [-0.05, 0) is 29.7 Å². The molecule has 4 aromatic rings. The smallest absolute Gasteiger partial charge is 0.235 e. The van der Waals surface area contributed by atoms with E-state index in [1.807, 2.05) is 66.7 Å². The SMILES string of the molecule is CC1=C(c2ccc(-c3ccccc3)cc2)c2[nH]c3ccccc3c2C(=O)C1=O. The number of Topliss-reactive ketones (excluding diaryl/α,β-unsaturated/α-hetero) is 2. The molecule has 134 valence electrons. The van der Waals surface area contributed by atoms with Crippen molar-refractivity contribution in [2.24, 2.45) is 0 Å². The molecule has 0 saturated heterocycles. The number of benzene rings is 3. The van der Waals surface area contributed by atoms with E-state index in [4.69, 9.17) is 0 Å². The van der Waals surface area contributed by atoms with Gasteiger partial charge in [-0.2, -0.15) is 0 Å². The van der Waals surface area contributed by atoms with Crippen molar-refractivity contribution in [3.8, 4) is 11.1 Å². The monoisotopic (exact) mass is 363 g/mol. The van der Waals surface area contributed by atoms with Gasteiger partial charge in [0.1, 0.15) is 0 Å². The second-order valence-electron chi connectivity index (χ2n) is 7.02. The van der Waals surface area contributed by atoms with Crippen molar-refractivity contribution in [3.05, 3.63) is 101 Å². The Morgan fingerprint density at radius 2 is 1.25 bits per heavy atom. The summed E-state index contributed by atoms with van der Waals surface area (Å²) in [6.07, 6.45) is 0. The Kier molecular flexibility index (Phi) is 3.63. The first-order chi connectivity index (χ1) is 13.6. The molecule has 0 saturated carbocycles. The number of rotatable bonds is 2. The third-order valence-electron chi connectivity index (χ3n) is 5.39. The number of aromatic amines is 1. The summed E-state index contributed by atoms with van der Waals surface area (Å²) in [6, 6.07) is 25.9. The maximum Gasteiger partial charge on any atom is 0.235 e. The number of fused-ring (bicyclic) bond motifs is 3. The molecule has 3 aromatic carbocycles. The van der Waals surface area contributed by atoms with E-state index in [2.05, 4.69) is 17.1 Å². The summed E-state index contributed by atoms with van der Waals surface area (Å²) >= 11 is 0. The lowest BCUT2D eigenvalue weighted by molar-refractivity contribution is -0.111. The Morgan fingerprint density at radius 3 is 2.00 bits per heavy atom. The Bertz CT molecular complexity index is 1280. The van der Waals surface area contributed by atoms with Crippen molar-refractivity contribution in [2.45, 2.75) is 6.92 Å². The predicted molar refractivity (Wildman–Crippen MR) is 111 cm³/mol. The third kappa shape index (κ3) is 2.37. The van der Waals surface area contributed by atoms with E-state index in [0.717, 1.165) is 38.9 Å². The Morgan fingerprint density at radius 1 is 0.643 bits per heavy atom. The highest BCUT2D eigenvalue weighted by molar-refractivity contribution is 6.54. The number of ketones is 2. The van der Waals surface area contributed by atoms with Gasteiger partial charge in [0.05, 0.1) is 11.3 Å². The molecule has 0 atom stereocenters. The fraction of sp³-hybridized carbons (Fsp3) is 0.0400. The second kappa shape index (κ2) is 6.17. The van der Waals surface area contributed by atoms with E-state index in [0.29, 0.717) is 11.1 Å². The third-order valence-corrected chi connectivity index (χ3v) is 5.39. The first-order valence-corrected chi connectivity index (χ1v) is 9.22. The summed E-state index contributed by atoms with van der Waals surface area (Å²) in [5.74, 6) is -0.867. The van der Waals surface area contributed by atoms with Gasteiger partial charge in [-0.1, -0.05) is 72.8 Å². The summed E-state index contributed by atoms with van der Waals surface area (Å²) in [7, 11) is 0. The second-order valence-corrected chi connectivity index (χ2v) is 7.02. The highest BCUT2D eigenvalue weighted by Crippen LogP contribution is 2.38. The number of para-hydroxylation sites is 1. The van der Waals surface area contributed by atoms with E-state index < -0.39 is 11.6 Å². The Labute approximate surface area is 162 Å². The standard InChI is InChI=1S/C25H17NO2/c1-15-21(18-13-11-17(12-14-18)16-7-3-2-4-8-16)23-22(25(28)24(15)27)19-9-5-6-10-20(19)26-23/h2-14,26H,1H3. The van der Waals surface area contributed by atoms with Gasteiger partial charge in [-0.3, -0.25) is 9.59 Å². The summed E-state index contributed by atoms with van der Waals surface area (Å²) in [5.41, 5.74) is 6.53. The fourth-order valence-corrected chi connectivity index (χ4v) is 3.97. The molecule has 5 rings (SSSR count). The highest BCUT2D eigenvalue weighted by Gasteiger charge is 2.34. The summed E-state index contributed by atoms with van der Waals surface area (Å²) in [6.45, 7) is 1.73. The van der Waals surface area contributed by atoms with Crippen LogP contribution >= 0.6 is 0 Å². The lowest BCUT2D eigenvalue weighted by Crippen LogP contribution is -2.22. The van der Waals surface area contributed by atoms with E-state index in [1.165, 1.54) is 0 Å². The molecule has 3 heteroatoms. The topological polar surface area (TPSA) is 49.9 Å². The molecule has 1 aromatic heterocycles. The van der Waals surface area contributed by atoms with Gasteiger partial charge in [0.25, 0.3) is 0 Å². The number of carbonyl (C=O) groups excluding carboxylic acids is 2. The van der Waals surface area contributed by atoms with Crippen LogP contribution < -0.4 is 0 Å². The Balaban J connectivity index is 1.69. The molecule has 0 unspecified atom stereocenters. The van der Waals surface area contributed by atoms with Crippen molar-refractivity contribution in [1.29, 1.82) is 0 Å². The molecule has 1 aliphatic carbocycles. The van der Waals surface area contributed by atoms with E-state index >= 15 is 0 Å². The van der Waals surface area contributed by atoms with Gasteiger partial charge in [0, 0.05) is 22.0 Å². The zero-order valence-electron chi connectivity index (χ0n) is 15.3. The lowest BCUT2D eigenvalue weighted by Gasteiger charge is -2.17. The molecule has 1 N–H and O–H groups in total. The highest BCUT2D eigenvalue weighted by atomic mass is 16.2. The fourth-order valence-electron chi connectivity index (χ4n) is 3.97.